The normalized spacial score (nSPS) is 11.8. The summed E-state index contributed by atoms with van der Waals surface area (Å²) >= 11 is 0. The van der Waals surface area contributed by atoms with Gasteiger partial charge in [0.1, 0.15) is 17.2 Å². The van der Waals surface area contributed by atoms with E-state index in [4.69, 9.17) is 15.2 Å². The maximum Gasteiger partial charge on any atom is 0.268 e. The van der Waals surface area contributed by atoms with Crippen LogP contribution in [-0.2, 0) is 6.54 Å². The molecule has 0 aliphatic heterocycles. The van der Waals surface area contributed by atoms with Crippen LogP contribution in [0.2, 0.25) is 0 Å². The van der Waals surface area contributed by atoms with Crippen molar-refractivity contribution in [3.63, 3.8) is 0 Å². The Morgan fingerprint density at radius 2 is 1.86 bits per heavy atom. The lowest BCUT2D eigenvalue weighted by Crippen LogP contribution is -2.16. The van der Waals surface area contributed by atoms with E-state index in [-0.39, 0.29) is 5.69 Å². The number of ether oxygens (including phenoxy) is 2. The maximum atomic E-state index is 11.1. The van der Waals surface area contributed by atoms with Crippen LogP contribution in [0, 0.1) is 0 Å². The van der Waals surface area contributed by atoms with Crippen LogP contribution in [-0.4, -0.2) is 40.4 Å². The standard InChI is InChI=1S/C22H25N3O4/c1-28-19-8-2-5-16(11-19)17-6-3-9-20(12-17)29-10-4-7-18(26)13-25-14-21(22(23)27)24-15-25/h2-3,5-6,8-9,11-12,14-15,18,26H,4,7,10,13H2,1H3,(H2,23,27). The van der Waals surface area contributed by atoms with Gasteiger partial charge in [-0.15, -0.1) is 0 Å². The van der Waals surface area contributed by atoms with Gasteiger partial charge in [-0.1, -0.05) is 24.3 Å². The SMILES string of the molecule is COc1cccc(-c2cccc(OCCCC(O)Cn3cnc(C(N)=O)c3)c2)c1. The summed E-state index contributed by atoms with van der Waals surface area (Å²) in [6.07, 6.45) is 3.73. The molecule has 0 aliphatic rings. The number of nitrogens with zero attached hydrogens (tertiary/aromatic N) is 2. The Bertz CT molecular complexity index is 954. The molecule has 3 N–H and O–H groups in total. The molecule has 1 atom stereocenters. The van der Waals surface area contributed by atoms with Gasteiger partial charge < -0.3 is 24.9 Å². The van der Waals surface area contributed by atoms with E-state index >= 15 is 0 Å². The van der Waals surface area contributed by atoms with E-state index in [1.165, 1.54) is 12.5 Å². The molecule has 0 saturated carbocycles. The van der Waals surface area contributed by atoms with Crippen LogP contribution in [0.25, 0.3) is 11.1 Å². The second-order valence-electron chi connectivity index (χ2n) is 6.72. The monoisotopic (exact) mass is 395 g/mol. The van der Waals surface area contributed by atoms with Crippen molar-refractivity contribution in [3.05, 3.63) is 66.7 Å². The second-order valence-corrected chi connectivity index (χ2v) is 6.72. The molecule has 7 heteroatoms. The van der Waals surface area contributed by atoms with Crippen molar-refractivity contribution in [1.82, 2.24) is 9.55 Å². The van der Waals surface area contributed by atoms with Crippen molar-refractivity contribution < 1.29 is 19.4 Å². The van der Waals surface area contributed by atoms with Crippen LogP contribution in [0.5, 0.6) is 11.5 Å². The zero-order valence-corrected chi connectivity index (χ0v) is 16.3. The first-order chi connectivity index (χ1) is 14.0. The number of nitrogens with two attached hydrogens (primary N) is 1. The molecule has 2 aromatic carbocycles. The number of methoxy groups -OCH3 is 1. The summed E-state index contributed by atoms with van der Waals surface area (Å²) in [7, 11) is 1.65. The van der Waals surface area contributed by atoms with Crippen molar-refractivity contribution in [1.29, 1.82) is 0 Å². The number of hydrogen-bond donors (Lipinski definition) is 2. The molecule has 0 radical (unpaired) electrons. The van der Waals surface area contributed by atoms with Crippen molar-refractivity contribution in [2.75, 3.05) is 13.7 Å². The van der Waals surface area contributed by atoms with E-state index in [0.717, 1.165) is 22.6 Å². The number of rotatable bonds is 10. The van der Waals surface area contributed by atoms with Crippen LogP contribution in [0.15, 0.2) is 61.1 Å². The Balaban J connectivity index is 1.47. The van der Waals surface area contributed by atoms with Crippen LogP contribution >= 0.6 is 0 Å². The molecule has 152 valence electrons. The lowest BCUT2D eigenvalue weighted by atomic mass is 10.1. The Labute approximate surface area is 169 Å². The average molecular weight is 395 g/mol. The highest BCUT2D eigenvalue weighted by atomic mass is 16.5. The molecule has 1 aromatic heterocycles. The van der Waals surface area contributed by atoms with E-state index in [1.807, 2.05) is 48.5 Å². The molecular weight excluding hydrogens is 370 g/mol. The predicted molar refractivity (Wildman–Crippen MR) is 110 cm³/mol. The number of carbonyl (C=O) groups excluding carboxylic acids is 1. The number of aliphatic hydroxyl groups excluding tert-OH is 1. The van der Waals surface area contributed by atoms with E-state index < -0.39 is 12.0 Å². The van der Waals surface area contributed by atoms with Gasteiger partial charge in [-0.25, -0.2) is 4.98 Å². The topological polar surface area (TPSA) is 99.6 Å². The molecule has 1 unspecified atom stereocenters. The van der Waals surface area contributed by atoms with Gasteiger partial charge in [0.15, 0.2) is 0 Å². The fourth-order valence-corrected chi connectivity index (χ4v) is 3.00. The van der Waals surface area contributed by atoms with Gasteiger partial charge in [-0.2, -0.15) is 0 Å². The molecule has 1 amide bonds. The number of aliphatic hydroxyl groups is 1. The number of carbonyl (C=O) groups is 1. The Morgan fingerprint density at radius 1 is 1.17 bits per heavy atom. The third kappa shape index (κ3) is 5.83. The van der Waals surface area contributed by atoms with Crippen molar-refractivity contribution >= 4 is 5.91 Å². The highest BCUT2D eigenvalue weighted by Gasteiger charge is 2.09. The van der Waals surface area contributed by atoms with E-state index in [9.17, 15) is 9.90 Å². The lowest BCUT2D eigenvalue weighted by molar-refractivity contribution is 0.0995. The molecule has 3 aromatic rings. The molecule has 0 saturated heterocycles. The second kappa shape index (κ2) is 9.75. The molecule has 29 heavy (non-hydrogen) atoms. The van der Waals surface area contributed by atoms with Crippen molar-refractivity contribution in [2.45, 2.75) is 25.5 Å². The quantitative estimate of drug-likeness (QED) is 0.514. The molecule has 0 spiro atoms. The highest BCUT2D eigenvalue weighted by Crippen LogP contribution is 2.26. The fourth-order valence-electron chi connectivity index (χ4n) is 3.00. The number of aromatic nitrogens is 2. The smallest absolute Gasteiger partial charge is 0.268 e. The van der Waals surface area contributed by atoms with Gasteiger partial charge in [-0.05, 0) is 48.2 Å². The molecule has 1 heterocycles. The number of imidazole rings is 1. The summed E-state index contributed by atoms with van der Waals surface area (Å²) < 4.78 is 12.8. The zero-order chi connectivity index (χ0) is 20.6. The molecule has 7 nitrogen and oxygen atoms in total. The van der Waals surface area contributed by atoms with Gasteiger partial charge >= 0.3 is 0 Å². The van der Waals surface area contributed by atoms with Crippen LogP contribution in [0.4, 0.5) is 0 Å². The minimum Gasteiger partial charge on any atom is -0.497 e. The van der Waals surface area contributed by atoms with Crippen LogP contribution < -0.4 is 15.2 Å². The molecule has 0 bridgehead atoms. The first-order valence-corrected chi connectivity index (χ1v) is 9.42. The predicted octanol–water partition coefficient (Wildman–Crippen LogP) is 2.88. The first kappa shape index (κ1) is 20.4. The Hall–Kier alpha value is -3.32. The summed E-state index contributed by atoms with van der Waals surface area (Å²) in [6.45, 7) is 0.848. The number of primary amides is 1. The minimum atomic E-state index is -0.581. The number of benzene rings is 2. The van der Waals surface area contributed by atoms with Gasteiger partial charge in [0, 0.05) is 12.7 Å². The summed E-state index contributed by atoms with van der Waals surface area (Å²) in [5, 5.41) is 10.2. The van der Waals surface area contributed by atoms with Crippen LogP contribution in [0.1, 0.15) is 23.3 Å². The molecule has 3 rings (SSSR count). The van der Waals surface area contributed by atoms with Gasteiger partial charge in [-0.3, -0.25) is 4.79 Å². The van der Waals surface area contributed by atoms with Crippen molar-refractivity contribution in [3.8, 4) is 22.6 Å². The largest absolute Gasteiger partial charge is 0.497 e. The lowest BCUT2D eigenvalue weighted by Gasteiger charge is -2.12. The van der Waals surface area contributed by atoms with Gasteiger partial charge in [0.25, 0.3) is 5.91 Å². The average Bonchev–Trinajstić information content (AvgIpc) is 3.20. The number of hydrogen-bond acceptors (Lipinski definition) is 5. The van der Waals surface area contributed by atoms with E-state index in [0.29, 0.717) is 26.0 Å². The summed E-state index contributed by atoms with van der Waals surface area (Å²) in [4.78, 5) is 14.9. The summed E-state index contributed by atoms with van der Waals surface area (Å²) in [5.41, 5.74) is 7.47. The van der Waals surface area contributed by atoms with E-state index in [1.54, 1.807) is 11.7 Å². The fraction of sp³-hybridized carbons (Fsp3) is 0.273. The Kier molecular flexibility index (Phi) is 6.86. The van der Waals surface area contributed by atoms with Crippen LogP contribution in [0.3, 0.4) is 0 Å². The highest BCUT2D eigenvalue weighted by molar-refractivity contribution is 5.90. The minimum absolute atomic E-state index is 0.191. The first-order valence-electron chi connectivity index (χ1n) is 9.42. The molecule has 0 aliphatic carbocycles. The Morgan fingerprint density at radius 3 is 2.52 bits per heavy atom. The summed E-state index contributed by atoms with van der Waals surface area (Å²) in [6, 6.07) is 15.8. The molecule has 0 fully saturated rings. The van der Waals surface area contributed by atoms with Crippen molar-refractivity contribution in [2.24, 2.45) is 5.73 Å². The maximum absolute atomic E-state index is 11.1. The van der Waals surface area contributed by atoms with E-state index in [2.05, 4.69) is 4.98 Å². The third-order valence-electron chi connectivity index (χ3n) is 4.49. The molecular formula is C22H25N3O4. The zero-order valence-electron chi connectivity index (χ0n) is 16.3. The third-order valence-corrected chi connectivity index (χ3v) is 4.49. The summed E-state index contributed by atoms with van der Waals surface area (Å²) in [5.74, 6) is 1.01. The van der Waals surface area contributed by atoms with Gasteiger partial charge in [0.2, 0.25) is 0 Å². The number of amides is 1. The van der Waals surface area contributed by atoms with Gasteiger partial charge in [0.05, 0.1) is 26.1 Å².